The maximum absolute atomic E-state index is 13.1. The van der Waals surface area contributed by atoms with Crippen molar-refractivity contribution < 1.29 is 14.3 Å². The molecule has 3 N–H and O–H groups in total. The summed E-state index contributed by atoms with van der Waals surface area (Å²) in [6.07, 6.45) is 0. The van der Waals surface area contributed by atoms with E-state index in [4.69, 9.17) is 21.7 Å². The minimum atomic E-state index is -0.491. The molecule has 146 valence electrons. The smallest absolute Gasteiger partial charge is 0.255 e. The van der Waals surface area contributed by atoms with Crippen molar-refractivity contribution in [3.8, 4) is 11.5 Å². The number of thiocarbonyl (C=S) groups is 1. The van der Waals surface area contributed by atoms with E-state index in [9.17, 15) is 4.79 Å². The van der Waals surface area contributed by atoms with Gasteiger partial charge in [0.25, 0.3) is 5.91 Å². The molecule has 0 aromatic heterocycles. The van der Waals surface area contributed by atoms with Crippen LogP contribution in [0.5, 0.6) is 11.5 Å². The third kappa shape index (κ3) is 4.13. The fourth-order valence-corrected chi connectivity index (χ4v) is 3.63. The molecule has 2 aromatic carbocycles. The second-order valence-corrected chi connectivity index (χ2v) is 7.44. The van der Waals surface area contributed by atoms with E-state index in [-0.39, 0.29) is 5.91 Å². The summed E-state index contributed by atoms with van der Waals surface area (Å²) in [5, 5.41) is 9.58. The van der Waals surface area contributed by atoms with Crippen LogP contribution in [-0.4, -0.2) is 25.2 Å². The minimum Gasteiger partial charge on any atom is -0.493 e. The Morgan fingerprint density at radius 2 is 1.86 bits per heavy atom. The van der Waals surface area contributed by atoms with Gasteiger partial charge in [-0.05, 0) is 49.5 Å². The van der Waals surface area contributed by atoms with Gasteiger partial charge in [-0.15, -0.1) is 0 Å². The first-order valence-corrected chi connectivity index (χ1v) is 9.70. The normalized spacial score (nSPS) is 16.1. The number of halogens is 1. The number of benzene rings is 2. The Hall–Kier alpha value is -2.58. The maximum atomic E-state index is 13.1. The number of para-hydroxylation sites is 1. The van der Waals surface area contributed by atoms with Crippen LogP contribution in [0.2, 0.25) is 0 Å². The third-order valence-corrected chi connectivity index (χ3v) is 5.11. The molecule has 0 unspecified atom stereocenters. The monoisotopic (exact) mass is 461 g/mol. The van der Waals surface area contributed by atoms with Crippen LogP contribution >= 0.6 is 28.1 Å². The molecule has 0 saturated carbocycles. The fraction of sp³-hybridized carbons (Fsp3) is 0.200. The molecular weight excluding hydrogens is 442 g/mol. The molecule has 28 heavy (non-hydrogen) atoms. The summed E-state index contributed by atoms with van der Waals surface area (Å²) in [7, 11) is 3.14. The second-order valence-electron chi connectivity index (χ2n) is 6.11. The number of anilines is 1. The second kappa shape index (κ2) is 8.62. The van der Waals surface area contributed by atoms with Crippen LogP contribution < -0.4 is 25.4 Å². The van der Waals surface area contributed by atoms with E-state index in [2.05, 4.69) is 31.9 Å². The Morgan fingerprint density at radius 1 is 1.14 bits per heavy atom. The van der Waals surface area contributed by atoms with E-state index in [1.807, 2.05) is 43.3 Å². The summed E-state index contributed by atoms with van der Waals surface area (Å²) < 4.78 is 11.9. The number of nitrogens with one attached hydrogen (secondary N) is 3. The molecule has 1 heterocycles. The Labute approximate surface area is 177 Å². The van der Waals surface area contributed by atoms with Gasteiger partial charge in [-0.2, -0.15) is 0 Å². The summed E-state index contributed by atoms with van der Waals surface area (Å²) >= 11 is 8.71. The first-order valence-electron chi connectivity index (χ1n) is 8.50. The predicted octanol–water partition coefficient (Wildman–Crippen LogP) is 3.90. The van der Waals surface area contributed by atoms with Crippen LogP contribution in [0.25, 0.3) is 0 Å². The SMILES string of the molecule is COc1cccc([C@H]2NC(=S)NC(C)=C2C(=O)Nc2ccc(Br)cc2)c1OC. The summed E-state index contributed by atoms with van der Waals surface area (Å²) in [6.45, 7) is 1.82. The van der Waals surface area contributed by atoms with Crippen molar-refractivity contribution in [1.29, 1.82) is 0 Å². The molecule has 2 aromatic rings. The highest BCUT2D eigenvalue weighted by atomic mass is 79.9. The molecule has 0 bridgehead atoms. The number of carbonyl (C=O) groups is 1. The predicted molar refractivity (Wildman–Crippen MR) is 117 cm³/mol. The van der Waals surface area contributed by atoms with Gasteiger partial charge in [-0.1, -0.05) is 28.1 Å². The van der Waals surface area contributed by atoms with Gasteiger partial charge in [0.1, 0.15) is 0 Å². The summed E-state index contributed by atoms with van der Waals surface area (Å²) in [6, 6.07) is 12.4. The highest BCUT2D eigenvalue weighted by Crippen LogP contribution is 2.39. The van der Waals surface area contributed by atoms with Crippen molar-refractivity contribution in [1.82, 2.24) is 10.6 Å². The number of methoxy groups -OCH3 is 2. The first kappa shape index (κ1) is 20.2. The van der Waals surface area contributed by atoms with Gasteiger partial charge in [0.05, 0.1) is 25.8 Å². The average molecular weight is 462 g/mol. The zero-order chi connectivity index (χ0) is 20.3. The number of hydrogen-bond acceptors (Lipinski definition) is 4. The molecule has 1 amide bonds. The molecule has 1 atom stereocenters. The molecule has 6 nitrogen and oxygen atoms in total. The lowest BCUT2D eigenvalue weighted by atomic mass is 9.94. The first-order chi connectivity index (χ1) is 13.4. The summed E-state index contributed by atoms with van der Waals surface area (Å²) in [4.78, 5) is 13.1. The third-order valence-electron chi connectivity index (χ3n) is 4.36. The highest BCUT2D eigenvalue weighted by molar-refractivity contribution is 9.10. The zero-order valence-corrected chi connectivity index (χ0v) is 18.0. The average Bonchev–Trinajstić information content (AvgIpc) is 2.68. The number of allylic oxidation sites excluding steroid dienone is 1. The molecule has 1 aliphatic heterocycles. The fourth-order valence-electron chi connectivity index (χ4n) is 3.10. The molecular formula is C20H20BrN3O3S. The van der Waals surface area contributed by atoms with E-state index >= 15 is 0 Å². The lowest BCUT2D eigenvalue weighted by Crippen LogP contribution is -2.45. The zero-order valence-electron chi connectivity index (χ0n) is 15.6. The Kier molecular flexibility index (Phi) is 6.21. The number of amides is 1. The molecule has 8 heteroatoms. The lowest BCUT2D eigenvalue weighted by Gasteiger charge is -2.31. The number of ether oxygens (including phenoxy) is 2. The van der Waals surface area contributed by atoms with Crippen LogP contribution in [-0.2, 0) is 4.79 Å². The topological polar surface area (TPSA) is 71.6 Å². The van der Waals surface area contributed by atoms with Crippen molar-refractivity contribution in [2.45, 2.75) is 13.0 Å². The van der Waals surface area contributed by atoms with Crippen molar-refractivity contribution in [2.75, 3.05) is 19.5 Å². The van der Waals surface area contributed by atoms with Gasteiger partial charge in [0.15, 0.2) is 16.6 Å². The van der Waals surface area contributed by atoms with Crippen molar-refractivity contribution in [3.05, 3.63) is 63.8 Å². The quantitative estimate of drug-likeness (QED) is 0.586. The van der Waals surface area contributed by atoms with Crippen molar-refractivity contribution in [2.24, 2.45) is 0 Å². The molecule has 0 radical (unpaired) electrons. The summed E-state index contributed by atoms with van der Waals surface area (Å²) in [5.41, 5.74) is 2.64. The number of carbonyl (C=O) groups excluding carboxylic acids is 1. The van der Waals surface area contributed by atoms with Gasteiger partial charge < -0.3 is 25.4 Å². The largest absolute Gasteiger partial charge is 0.493 e. The number of hydrogen-bond donors (Lipinski definition) is 3. The minimum absolute atomic E-state index is 0.239. The lowest BCUT2D eigenvalue weighted by molar-refractivity contribution is -0.113. The van der Waals surface area contributed by atoms with Crippen molar-refractivity contribution >= 4 is 44.9 Å². The molecule has 0 saturated heterocycles. The highest BCUT2D eigenvalue weighted by Gasteiger charge is 2.32. The summed E-state index contributed by atoms with van der Waals surface area (Å²) in [5.74, 6) is 0.891. The van der Waals surface area contributed by atoms with Gasteiger partial charge >= 0.3 is 0 Å². The van der Waals surface area contributed by atoms with Crippen LogP contribution in [0.15, 0.2) is 58.2 Å². The Morgan fingerprint density at radius 3 is 2.50 bits per heavy atom. The van der Waals surface area contributed by atoms with Crippen LogP contribution in [0.1, 0.15) is 18.5 Å². The Bertz CT molecular complexity index is 944. The molecule has 3 rings (SSSR count). The van der Waals surface area contributed by atoms with E-state index in [1.54, 1.807) is 20.3 Å². The standard InChI is InChI=1S/C20H20BrN3O3S/c1-11-16(19(25)23-13-9-7-12(21)8-10-13)17(24-20(28)22-11)14-5-4-6-15(26-2)18(14)27-3/h4-10,17H,1-3H3,(H,23,25)(H2,22,24,28)/t17-/m1/s1. The van der Waals surface area contributed by atoms with Crippen LogP contribution in [0.4, 0.5) is 5.69 Å². The van der Waals surface area contributed by atoms with Gasteiger partial charge in [-0.3, -0.25) is 4.79 Å². The van der Waals surface area contributed by atoms with Crippen LogP contribution in [0.3, 0.4) is 0 Å². The van der Waals surface area contributed by atoms with E-state index in [0.29, 0.717) is 33.6 Å². The van der Waals surface area contributed by atoms with Gasteiger partial charge in [0.2, 0.25) is 0 Å². The molecule has 1 aliphatic rings. The van der Waals surface area contributed by atoms with Crippen molar-refractivity contribution in [3.63, 3.8) is 0 Å². The molecule has 0 fully saturated rings. The van der Waals surface area contributed by atoms with E-state index in [1.165, 1.54) is 0 Å². The Balaban J connectivity index is 2.02. The molecule has 0 spiro atoms. The van der Waals surface area contributed by atoms with Gasteiger partial charge in [0, 0.05) is 21.4 Å². The molecule has 0 aliphatic carbocycles. The number of rotatable bonds is 5. The van der Waals surface area contributed by atoms with E-state index < -0.39 is 6.04 Å². The maximum Gasteiger partial charge on any atom is 0.255 e. The van der Waals surface area contributed by atoms with Crippen LogP contribution in [0, 0.1) is 0 Å². The van der Waals surface area contributed by atoms with Gasteiger partial charge in [-0.25, -0.2) is 0 Å². The van der Waals surface area contributed by atoms with E-state index in [0.717, 1.165) is 10.0 Å².